The van der Waals surface area contributed by atoms with Crippen LogP contribution in [0.2, 0.25) is 0 Å². The fourth-order valence-electron chi connectivity index (χ4n) is 1.29. The van der Waals surface area contributed by atoms with E-state index in [4.69, 9.17) is 5.11 Å². The SMILES string of the molecule is C/C(C(=O)O)=C(/C)C(=O)Nc1ccc([N+](=O)[O-])cc1O. The number of aromatic hydroxyl groups is 1. The summed E-state index contributed by atoms with van der Waals surface area (Å²) in [6.07, 6.45) is 0. The van der Waals surface area contributed by atoms with E-state index in [2.05, 4.69) is 5.32 Å². The maximum absolute atomic E-state index is 11.8. The van der Waals surface area contributed by atoms with Crippen molar-refractivity contribution in [3.8, 4) is 5.75 Å². The van der Waals surface area contributed by atoms with Crippen LogP contribution in [0.3, 0.4) is 0 Å². The van der Waals surface area contributed by atoms with E-state index in [1.54, 1.807) is 0 Å². The van der Waals surface area contributed by atoms with Gasteiger partial charge >= 0.3 is 5.97 Å². The Balaban J connectivity index is 3.00. The first-order valence-corrected chi connectivity index (χ1v) is 5.43. The Kier molecular flexibility index (Phi) is 4.42. The molecule has 0 atom stereocenters. The Morgan fingerprint density at radius 1 is 1.25 bits per heavy atom. The maximum Gasteiger partial charge on any atom is 0.331 e. The molecule has 106 valence electrons. The van der Waals surface area contributed by atoms with E-state index in [9.17, 15) is 24.8 Å². The Bertz CT molecular complexity index is 620. The van der Waals surface area contributed by atoms with Gasteiger partial charge in [-0.25, -0.2) is 4.79 Å². The largest absolute Gasteiger partial charge is 0.506 e. The number of carbonyl (C=O) groups excluding carboxylic acids is 1. The first-order chi connectivity index (χ1) is 9.23. The van der Waals surface area contributed by atoms with E-state index in [0.29, 0.717) is 0 Å². The lowest BCUT2D eigenvalue weighted by molar-refractivity contribution is -0.384. The number of nitrogens with zero attached hydrogens (tertiary/aromatic N) is 1. The highest BCUT2D eigenvalue weighted by Crippen LogP contribution is 2.28. The summed E-state index contributed by atoms with van der Waals surface area (Å²) in [4.78, 5) is 32.3. The molecule has 0 aliphatic rings. The van der Waals surface area contributed by atoms with Crippen LogP contribution in [0.4, 0.5) is 11.4 Å². The highest BCUT2D eigenvalue weighted by Gasteiger charge is 2.16. The zero-order valence-corrected chi connectivity index (χ0v) is 10.7. The number of carboxylic acids is 1. The molecular formula is C12H12N2O6. The topological polar surface area (TPSA) is 130 Å². The van der Waals surface area contributed by atoms with E-state index < -0.39 is 22.5 Å². The van der Waals surface area contributed by atoms with Gasteiger partial charge in [-0.1, -0.05) is 0 Å². The molecule has 8 heteroatoms. The standard InChI is InChI=1S/C12H12N2O6/c1-6(7(2)12(17)18)11(16)13-9-4-3-8(14(19)20)5-10(9)15/h3-5,15H,1-2H3,(H,13,16)(H,17,18)/b7-6+. The van der Waals surface area contributed by atoms with E-state index in [1.165, 1.54) is 13.8 Å². The normalized spacial score (nSPS) is 11.5. The van der Waals surface area contributed by atoms with Crippen LogP contribution in [0.1, 0.15) is 13.8 Å². The molecule has 0 radical (unpaired) electrons. The second-order valence-corrected chi connectivity index (χ2v) is 3.97. The number of nitrogens with one attached hydrogen (secondary N) is 1. The van der Waals surface area contributed by atoms with E-state index in [1.807, 2.05) is 0 Å². The van der Waals surface area contributed by atoms with E-state index >= 15 is 0 Å². The van der Waals surface area contributed by atoms with Crippen molar-refractivity contribution >= 4 is 23.3 Å². The Morgan fingerprint density at radius 2 is 1.85 bits per heavy atom. The number of rotatable bonds is 4. The fraction of sp³-hybridized carbons (Fsp3) is 0.167. The summed E-state index contributed by atoms with van der Waals surface area (Å²) in [7, 11) is 0. The number of benzene rings is 1. The van der Waals surface area contributed by atoms with E-state index in [0.717, 1.165) is 18.2 Å². The van der Waals surface area contributed by atoms with Crippen molar-refractivity contribution < 1.29 is 24.7 Å². The number of carbonyl (C=O) groups is 2. The zero-order chi connectivity index (χ0) is 15.4. The number of amides is 1. The smallest absolute Gasteiger partial charge is 0.331 e. The van der Waals surface area contributed by atoms with Gasteiger partial charge in [0.25, 0.3) is 11.6 Å². The van der Waals surface area contributed by atoms with Gasteiger partial charge < -0.3 is 15.5 Å². The minimum atomic E-state index is -1.23. The van der Waals surface area contributed by atoms with Gasteiger partial charge in [0.15, 0.2) is 0 Å². The van der Waals surface area contributed by atoms with Gasteiger partial charge in [-0.15, -0.1) is 0 Å². The van der Waals surface area contributed by atoms with Crippen molar-refractivity contribution in [1.82, 2.24) is 0 Å². The molecule has 20 heavy (non-hydrogen) atoms. The number of phenolic OH excluding ortho intramolecular Hbond substituents is 1. The van der Waals surface area contributed by atoms with Crippen molar-refractivity contribution in [2.45, 2.75) is 13.8 Å². The first-order valence-electron chi connectivity index (χ1n) is 5.43. The van der Waals surface area contributed by atoms with Crippen molar-refractivity contribution in [2.75, 3.05) is 5.32 Å². The molecule has 1 aromatic rings. The van der Waals surface area contributed by atoms with Crippen LogP contribution in [0.25, 0.3) is 0 Å². The average molecular weight is 280 g/mol. The number of aliphatic carboxylic acids is 1. The summed E-state index contributed by atoms with van der Waals surface area (Å²) in [6, 6.07) is 3.16. The van der Waals surface area contributed by atoms with Gasteiger partial charge in [-0.2, -0.15) is 0 Å². The summed E-state index contributed by atoms with van der Waals surface area (Å²) >= 11 is 0. The number of hydrogen-bond donors (Lipinski definition) is 3. The highest BCUT2D eigenvalue weighted by molar-refractivity contribution is 6.08. The van der Waals surface area contributed by atoms with Crippen LogP contribution in [0, 0.1) is 10.1 Å². The third kappa shape index (κ3) is 3.31. The van der Waals surface area contributed by atoms with E-state index in [-0.39, 0.29) is 22.5 Å². The quantitative estimate of drug-likeness (QED) is 0.333. The molecule has 0 saturated heterocycles. The van der Waals surface area contributed by atoms with Crippen LogP contribution in [0.5, 0.6) is 5.75 Å². The molecule has 1 aromatic carbocycles. The number of nitro benzene ring substituents is 1. The van der Waals surface area contributed by atoms with Gasteiger partial charge in [0.1, 0.15) is 5.75 Å². The van der Waals surface area contributed by atoms with Crippen molar-refractivity contribution in [3.05, 3.63) is 39.5 Å². The number of non-ortho nitro benzene ring substituents is 1. The Hall–Kier alpha value is -2.90. The molecule has 0 aliphatic carbocycles. The van der Waals surface area contributed by atoms with Crippen LogP contribution in [-0.2, 0) is 9.59 Å². The molecule has 1 rings (SSSR count). The molecule has 0 unspecified atom stereocenters. The van der Waals surface area contributed by atoms with Crippen LogP contribution in [-0.4, -0.2) is 27.0 Å². The lowest BCUT2D eigenvalue weighted by atomic mass is 10.1. The molecule has 0 saturated carbocycles. The summed E-state index contributed by atoms with van der Waals surface area (Å²) in [5, 5.41) is 31.1. The lowest BCUT2D eigenvalue weighted by Gasteiger charge is -2.08. The molecular weight excluding hydrogens is 268 g/mol. The number of phenols is 1. The van der Waals surface area contributed by atoms with Crippen molar-refractivity contribution in [2.24, 2.45) is 0 Å². The molecule has 0 bridgehead atoms. The molecule has 0 heterocycles. The molecule has 0 spiro atoms. The maximum atomic E-state index is 11.8. The van der Waals surface area contributed by atoms with Gasteiger partial charge in [0, 0.05) is 17.2 Å². The van der Waals surface area contributed by atoms with Crippen LogP contribution in [0.15, 0.2) is 29.3 Å². The molecule has 0 aliphatic heterocycles. The fourth-order valence-corrected chi connectivity index (χ4v) is 1.29. The lowest BCUT2D eigenvalue weighted by Crippen LogP contribution is -2.16. The summed E-state index contributed by atoms with van der Waals surface area (Å²) < 4.78 is 0. The first kappa shape index (κ1) is 15.2. The van der Waals surface area contributed by atoms with Crippen LogP contribution >= 0.6 is 0 Å². The number of nitro groups is 1. The third-order valence-electron chi connectivity index (χ3n) is 2.66. The second kappa shape index (κ2) is 5.83. The predicted molar refractivity (Wildman–Crippen MR) is 69.4 cm³/mol. The Morgan fingerprint density at radius 3 is 2.30 bits per heavy atom. The highest BCUT2D eigenvalue weighted by atomic mass is 16.6. The van der Waals surface area contributed by atoms with Crippen LogP contribution < -0.4 is 5.32 Å². The number of hydrogen-bond acceptors (Lipinski definition) is 5. The summed E-state index contributed by atoms with van der Waals surface area (Å²) in [5.74, 6) is -2.42. The monoisotopic (exact) mass is 280 g/mol. The van der Waals surface area contributed by atoms with Crippen molar-refractivity contribution in [3.63, 3.8) is 0 Å². The van der Waals surface area contributed by atoms with Gasteiger partial charge in [0.05, 0.1) is 16.7 Å². The molecule has 0 fully saturated rings. The molecule has 1 amide bonds. The van der Waals surface area contributed by atoms with Gasteiger partial charge in [-0.3, -0.25) is 14.9 Å². The molecule has 8 nitrogen and oxygen atoms in total. The second-order valence-electron chi connectivity index (χ2n) is 3.97. The number of carboxylic acid groups (broad SMARTS) is 1. The Labute approximate surface area is 113 Å². The van der Waals surface area contributed by atoms with Gasteiger partial charge in [-0.05, 0) is 19.9 Å². The minimum Gasteiger partial charge on any atom is -0.506 e. The summed E-state index contributed by atoms with van der Waals surface area (Å²) in [5.41, 5.74) is -0.535. The number of anilines is 1. The predicted octanol–water partition coefficient (Wildman–Crippen LogP) is 1.66. The molecule has 0 aromatic heterocycles. The average Bonchev–Trinajstić information content (AvgIpc) is 2.38. The zero-order valence-electron chi connectivity index (χ0n) is 10.7. The van der Waals surface area contributed by atoms with Crippen molar-refractivity contribution in [1.29, 1.82) is 0 Å². The minimum absolute atomic E-state index is 0.0322. The summed E-state index contributed by atoms with van der Waals surface area (Å²) in [6.45, 7) is 2.59. The third-order valence-corrected chi connectivity index (χ3v) is 2.66. The van der Waals surface area contributed by atoms with Gasteiger partial charge in [0.2, 0.25) is 0 Å². The molecule has 3 N–H and O–H groups in total.